The first kappa shape index (κ1) is 12.7. The molecule has 6 heteroatoms. The van der Waals surface area contributed by atoms with Gasteiger partial charge in [0, 0.05) is 0 Å². The Hall–Kier alpha value is -1.37. The van der Waals surface area contributed by atoms with Crippen LogP contribution in [0.3, 0.4) is 0 Å². The second kappa shape index (κ2) is 5.11. The van der Waals surface area contributed by atoms with E-state index in [-0.39, 0.29) is 17.3 Å². The molecule has 0 aliphatic carbocycles. The number of hydrogen-bond acceptors (Lipinski definition) is 4. The minimum absolute atomic E-state index is 0.0637. The van der Waals surface area contributed by atoms with Crippen molar-refractivity contribution >= 4 is 10.1 Å². The molecule has 88 valence electrons. The molecule has 1 N–H and O–H groups in total. The highest BCUT2D eigenvalue weighted by Gasteiger charge is 2.16. The van der Waals surface area contributed by atoms with Crippen LogP contribution in [-0.4, -0.2) is 19.6 Å². The van der Waals surface area contributed by atoms with Gasteiger partial charge in [0.05, 0.1) is 0 Å². The molecular weight excluding hydrogens is 232 g/mol. The third kappa shape index (κ3) is 3.65. The Morgan fingerprint density at radius 1 is 1.44 bits per heavy atom. The Bertz CT molecular complexity index is 478. The smallest absolute Gasteiger partial charge is 0.298 e. The van der Waals surface area contributed by atoms with E-state index in [2.05, 4.69) is 6.58 Å². The summed E-state index contributed by atoms with van der Waals surface area (Å²) in [6, 6.07) is 5.62. The van der Waals surface area contributed by atoms with Crippen LogP contribution < -0.4 is 4.89 Å². The standard InChI is InChI=1S/C10H12O5S/c1-8(2)7-14-15-9-5-3-4-6-10(9)16(11,12)13/h3-6H,1,7H2,2H3,(H,11,12,13). The zero-order valence-electron chi connectivity index (χ0n) is 8.71. The SMILES string of the molecule is C=C(C)COOc1ccccc1S(=O)(=O)O. The van der Waals surface area contributed by atoms with Crippen LogP contribution in [0.5, 0.6) is 5.75 Å². The molecule has 0 atom stereocenters. The van der Waals surface area contributed by atoms with Crippen molar-refractivity contribution < 1.29 is 22.7 Å². The molecule has 0 aliphatic rings. The fourth-order valence-corrected chi connectivity index (χ4v) is 1.53. The van der Waals surface area contributed by atoms with Gasteiger partial charge >= 0.3 is 0 Å². The Labute approximate surface area is 94.0 Å². The number of rotatable bonds is 5. The molecule has 0 heterocycles. The molecular formula is C10H12O5S. The molecule has 1 rings (SSSR count). The van der Waals surface area contributed by atoms with Gasteiger partial charge < -0.3 is 4.89 Å². The highest BCUT2D eigenvalue weighted by atomic mass is 32.2. The van der Waals surface area contributed by atoms with Crippen LogP contribution in [0.1, 0.15) is 6.92 Å². The first-order chi connectivity index (χ1) is 7.41. The monoisotopic (exact) mass is 244 g/mol. The Kier molecular flexibility index (Phi) is 4.05. The normalized spacial score (nSPS) is 11.1. The summed E-state index contributed by atoms with van der Waals surface area (Å²) in [4.78, 5) is 9.18. The highest BCUT2D eigenvalue weighted by Crippen LogP contribution is 2.23. The lowest BCUT2D eigenvalue weighted by Crippen LogP contribution is -2.05. The van der Waals surface area contributed by atoms with Gasteiger partial charge in [0.25, 0.3) is 10.1 Å². The Balaban J connectivity index is 2.84. The van der Waals surface area contributed by atoms with Gasteiger partial charge in [-0.25, -0.2) is 0 Å². The molecule has 0 spiro atoms. The molecule has 0 bridgehead atoms. The maximum atomic E-state index is 11.0. The summed E-state index contributed by atoms with van der Waals surface area (Å²) < 4.78 is 30.8. The van der Waals surface area contributed by atoms with E-state index in [4.69, 9.17) is 14.3 Å². The molecule has 0 unspecified atom stereocenters. The van der Waals surface area contributed by atoms with Gasteiger partial charge in [-0.2, -0.15) is 13.3 Å². The molecule has 0 radical (unpaired) electrons. The first-order valence-corrected chi connectivity index (χ1v) is 5.85. The van der Waals surface area contributed by atoms with E-state index < -0.39 is 10.1 Å². The molecule has 0 saturated heterocycles. The van der Waals surface area contributed by atoms with E-state index in [0.29, 0.717) is 0 Å². The van der Waals surface area contributed by atoms with Gasteiger partial charge in [0.15, 0.2) is 5.75 Å². The fourth-order valence-electron chi connectivity index (χ4n) is 0.926. The second-order valence-electron chi connectivity index (χ2n) is 3.22. The summed E-state index contributed by atoms with van der Waals surface area (Å²) in [6.45, 7) is 5.46. The third-order valence-corrected chi connectivity index (χ3v) is 2.47. The number of benzene rings is 1. The maximum Gasteiger partial charge on any atom is 0.298 e. The zero-order chi connectivity index (χ0) is 12.2. The highest BCUT2D eigenvalue weighted by molar-refractivity contribution is 7.86. The predicted octanol–water partition coefficient (Wildman–Crippen LogP) is 1.82. The van der Waals surface area contributed by atoms with Crippen molar-refractivity contribution in [2.45, 2.75) is 11.8 Å². The molecule has 5 nitrogen and oxygen atoms in total. The van der Waals surface area contributed by atoms with Crippen LogP contribution in [0.25, 0.3) is 0 Å². The molecule has 0 amide bonds. The third-order valence-electron chi connectivity index (χ3n) is 1.58. The van der Waals surface area contributed by atoms with Crippen LogP contribution in [-0.2, 0) is 15.0 Å². The minimum Gasteiger partial charge on any atom is -0.336 e. The van der Waals surface area contributed by atoms with Crippen molar-refractivity contribution in [2.24, 2.45) is 0 Å². The van der Waals surface area contributed by atoms with Gasteiger partial charge in [-0.05, 0) is 19.1 Å². The van der Waals surface area contributed by atoms with E-state index in [1.54, 1.807) is 13.0 Å². The van der Waals surface area contributed by atoms with E-state index in [1.165, 1.54) is 18.2 Å². The van der Waals surface area contributed by atoms with Crippen LogP contribution in [0.4, 0.5) is 0 Å². The molecule has 16 heavy (non-hydrogen) atoms. The molecule has 0 saturated carbocycles. The minimum atomic E-state index is -4.31. The van der Waals surface area contributed by atoms with Gasteiger partial charge in [-0.3, -0.25) is 4.55 Å². The topological polar surface area (TPSA) is 72.8 Å². The van der Waals surface area contributed by atoms with Crippen molar-refractivity contribution in [1.82, 2.24) is 0 Å². The lowest BCUT2D eigenvalue weighted by molar-refractivity contribution is -0.200. The van der Waals surface area contributed by atoms with Crippen molar-refractivity contribution in [3.8, 4) is 5.75 Å². The number of para-hydroxylation sites is 1. The molecule has 1 aromatic rings. The maximum absolute atomic E-state index is 11.0. The van der Waals surface area contributed by atoms with E-state index in [1.807, 2.05) is 0 Å². The van der Waals surface area contributed by atoms with Gasteiger partial charge in [-0.15, -0.1) is 0 Å². The summed E-state index contributed by atoms with van der Waals surface area (Å²) in [7, 11) is -4.31. The average Bonchev–Trinajstić information content (AvgIpc) is 2.16. The molecule has 0 fully saturated rings. The Morgan fingerprint density at radius 2 is 2.06 bits per heavy atom. The van der Waals surface area contributed by atoms with Gasteiger partial charge in [0.1, 0.15) is 11.5 Å². The van der Waals surface area contributed by atoms with Crippen LogP contribution in [0, 0.1) is 0 Å². The quantitative estimate of drug-likeness (QED) is 0.370. The van der Waals surface area contributed by atoms with Gasteiger partial charge in [-0.1, -0.05) is 24.3 Å². The van der Waals surface area contributed by atoms with E-state index in [0.717, 1.165) is 5.57 Å². The Morgan fingerprint density at radius 3 is 2.62 bits per heavy atom. The summed E-state index contributed by atoms with van der Waals surface area (Å²) in [5.41, 5.74) is 0.726. The van der Waals surface area contributed by atoms with E-state index in [9.17, 15) is 8.42 Å². The fraction of sp³-hybridized carbons (Fsp3) is 0.200. The lowest BCUT2D eigenvalue weighted by atomic mass is 10.3. The van der Waals surface area contributed by atoms with Gasteiger partial charge in [0.2, 0.25) is 0 Å². The number of hydrogen-bond donors (Lipinski definition) is 1. The predicted molar refractivity (Wildman–Crippen MR) is 57.7 cm³/mol. The first-order valence-electron chi connectivity index (χ1n) is 4.41. The van der Waals surface area contributed by atoms with Crippen molar-refractivity contribution in [2.75, 3.05) is 6.61 Å². The van der Waals surface area contributed by atoms with Crippen molar-refractivity contribution in [3.63, 3.8) is 0 Å². The largest absolute Gasteiger partial charge is 0.336 e. The summed E-state index contributed by atoms with van der Waals surface area (Å²) in [6.07, 6.45) is 0. The second-order valence-corrected chi connectivity index (χ2v) is 4.61. The zero-order valence-corrected chi connectivity index (χ0v) is 9.53. The molecule has 1 aromatic carbocycles. The molecule has 0 aliphatic heterocycles. The van der Waals surface area contributed by atoms with Crippen LogP contribution in [0.2, 0.25) is 0 Å². The van der Waals surface area contributed by atoms with Crippen LogP contribution in [0.15, 0.2) is 41.3 Å². The summed E-state index contributed by atoms with van der Waals surface area (Å²) in [5.74, 6) is -0.0637. The summed E-state index contributed by atoms with van der Waals surface area (Å²) in [5, 5.41) is 0. The van der Waals surface area contributed by atoms with Crippen molar-refractivity contribution in [1.29, 1.82) is 0 Å². The van der Waals surface area contributed by atoms with Crippen molar-refractivity contribution in [3.05, 3.63) is 36.4 Å². The van der Waals surface area contributed by atoms with Crippen LogP contribution >= 0.6 is 0 Å². The lowest BCUT2D eigenvalue weighted by Gasteiger charge is -2.07. The molecule has 0 aromatic heterocycles. The van der Waals surface area contributed by atoms with E-state index >= 15 is 0 Å². The summed E-state index contributed by atoms with van der Waals surface area (Å²) >= 11 is 0. The average molecular weight is 244 g/mol.